The van der Waals surface area contributed by atoms with Crippen molar-refractivity contribution in [1.82, 2.24) is 20.5 Å². The van der Waals surface area contributed by atoms with E-state index >= 15 is 0 Å². The second kappa shape index (κ2) is 13.5. The van der Waals surface area contributed by atoms with E-state index in [0.29, 0.717) is 11.7 Å². The van der Waals surface area contributed by atoms with Gasteiger partial charge in [0.2, 0.25) is 11.8 Å². The third-order valence-electron chi connectivity index (χ3n) is 4.75. The van der Waals surface area contributed by atoms with Gasteiger partial charge in [-0.2, -0.15) is 5.10 Å². The molecule has 2 aromatic heterocycles. The van der Waals surface area contributed by atoms with E-state index in [1.807, 2.05) is 30.3 Å². The number of aromatic nitrogens is 3. The zero-order valence-corrected chi connectivity index (χ0v) is 18.3. The molecule has 2 aromatic rings. The minimum absolute atomic E-state index is 0.126. The molecule has 32 heavy (non-hydrogen) atoms. The van der Waals surface area contributed by atoms with E-state index in [-0.39, 0.29) is 24.1 Å². The highest BCUT2D eigenvalue weighted by atomic mass is 16.2. The molecule has 1 fully saturated rings. The average molecular weight is 438 g/mol. The highest BCUT2D eigenvalue weighted by Crippen LogP contribution is 2.31. The fraction of sp³-hybridized carbons (Fsp3) is 0.348. The third kappa shape index (κ3) is 9.38. The molecule has 1 aliphatic rings. The number of nitrogens with one attached hydrogen (secondary N) is 2. The predicted molar refractivity (Wildman–Crippen MR) is 124 cm³/mol. The number of nitrogens with zero attached hydrogens (tertiary/aromatic N) is 3. The number of nitrogens with two attached hydrogens (primary N) is 2. The van der Waals surface area contributed by atoms with Gasteiger partial charge < -0.3 is 22.1 Å². The summed E-state index contributed by atoms with van der Waals surface area (Å²) in [6, 6.07) is 9.36. The number of allylic oxidation sites excluding steroid dienone is 2. The number of hydrogen-bond donors (Lipinski definition) is 4. The van der Waals surface area contributed by atoms with Gasteiger partial charge in [0.05, 0.1) is 12.1 Å². The molecule has 0 spiro atoms. The van der Waals surface area contributed by atoms with E-state index in [1.165, 1.54) is 57.4 Å². The van der Waals surface area contributed by atoms with Crippen LogP contribution in [0.5, 0.6) is 0 Å². The van der Waals surface area contributed by atoms with Crippen LogP contribution in [0.2, 0.25) is 0 Å². The van der Waals surface area contributed by atoms with Crippen LogP contribution in [0, 0.1) is 0 Å². The number of pyridine rings is 1. The summed E-state index contributed by atoms with van der Waals surface area (Å²) in [5, 5.41) is 13.6. The van der Waals surface area contributed by atoms with Crippen molar-refractivity contribution in [3.8, 4) is 0 Å². The summed E-state index contributed by atoms with van der Waals surface area (Å²) in [4.78, 5) is 26.4. The average Bonchev–Trinajstić information content (AvgIpc) is 2.79. The molecule has 0 radical (unpaired) electrons. The Labute approximate surface area is 188 Å². The number of amides is 2. The molecule has 9 heteroatoms. The molecule has 0 saturated heterocycles. The third-order valence-corrected chi connectivity index (χ3v) is 4.75. The van der Waals surface area contributed by atoms with E-state index < -0.39 is 0 Å². The molecule has 6 N–H and O–H groups in total. The first-order valence-electron chi connectivity index (χ1n) is 10.6. The fourth-order valence-corrected chi connectivity index (χ4v) is 3.28. The van der Waals surface area contributed by atoms with Crippen LogP contribution < -0.4 is 22.1 Å². The van der Waals surface area contributed by atoms with Crippen molar-refractivity contribution in [2.75, 3.05) is 5.32 Å². The summed E-state index contributed by atoms with van der Waals surface area (Å²) in [6.07, 6.45) is 12.5. The van der Waals surface area contributed by atoms with E-state index in [1.54, 1.807) is 6.20 Å². The Morgan fingerprint density at radius 1 is 1.12 bits per heavy atom. The minimum Gasteiger partial charge on any atom is -0.405 e. The van der Waals surface area contributed by atoms with Crippen molar-refractivity contribution in [3.63, 3.8) is 0 Å². The number of carbonyl (C=O) groups excluding carboxylic acids is 2. The van der Waals surface area contributed by atoms with Crippen molar-refractivity contribution in [1.29, 1.82) is 0 Å². The van der Waals surface area contributed by atoms with Crippen LogP contribution in [0.3, 0.4) is 0 Å². The zero-order valence-electron chi connectivity index (χ0n) is 18.3. The molecule has 0 atom stereocenters. The highest BCUT2D eigenvalue weighted by molar-refractivity contribution is 5.91. The molecule has 9 nitrogen and oxygen atoms in total. The highest BCUT2D eigenvalue weighted by Gasteiger charge is 2.17. The Hall–Kier alpha value is -3.75. The topological polar surface area (TPSA) is 149 Å². The van der Waals surface area contributed by atoms with Gasteiger partial charge in [-0.25, -0.2) is 0 Å². The predicted octanol–water partition coefficient (Wildman–Crippen LogP) is 2.50. The molecule has 1 saturated carbocycles. The SMILES string of the molecule is CC(=O)N/C(N)=C/C=C\N.O=C(Cc1ccccn1)Nc1ccc(C2CCCCC2)nn1. The van der Waals surface area contributed by atoms with Crippen molar-refractivity contribution in [3.05, 3.63) is 72.1 Å². The van der Waals surface area contributed by atoms with Gasteiger partial charge >= 0.3 is 0 Å². The summed E-state index contributed by atoms with van der Waals surface area (Å²) < 4.78 is 0. The summed E-state index contributed by atoms with van der Waals surface area (Å²) in [7, 11) is 0. The molecule has 1 aliphatic carbocycles. The molecular formula is C23H31N7O2. The summed E-state index contributed by atoms with van der Waals surface area (Å²) in [5.41, 5.74) is 12.1. The normalized spacial score (nSPS) is 14.3. The van der Waals surface area contributed by atoms with Crippen LogP contribution in [0.25, 0.3) is 0 Å². The lowest BCUT2D eigenvalue weighted by Crippen LogP contribution is -2.24. The van der Waals surface area contributed by atoms with Crippen LogP contribution in [0.4, 0.5) is 5.82 Å². The van der Waals surface area contributed by atoms with Gasteiger partial charge in [0.15, 0.2) is 5.82 Å². The largest absolute Gasteiger partial charge is 0.405 e. The van der Waals surface area contributed by atoms with Crippen molar-refractivity contribution in [2.24, 2.45) is 11.5 Å². The maximum absolute atomic E-state index is 11.9. The van der Waals surface area contributed by atoms with Crippen LogP contribution in [0.1, 0.15) is 56.3 Å². The van der Waals surface area contributed by atoms with Gasteiger partial charge in [-0.1, -0.05) is 25.3 Å². The zero-order chi connectivity index (χ0) is 23.2. The molecule has 0 aliphatic heterocycles. The molecule has 2 heterocycles. The van der Waals surface area contributed by atoms with E-state index in [2.05, 4.69) is 25.8 Å². The molecular weight excluding hydrogens is 406 g/mol. The Morgan fingerprint density at radius 2 is 1.91 bits per heavy atom. The van der Waals surface area contributed by atoms with E-state index in [0.717, 1.165) is 11.4 Å². The molecule has 3 rings (SSSR count). The fourth-order valence-electron chi connectivity index (χ4n) is 3.28. The maximum atomic E-state index is 11.9. The number of rotatable bonds is 6. The maximum Gasteiger partial charge on any atom is 0.231 e. The van der Waals surface area contributed by atoms with Gasteiger partial charge in [-0.05, 0) is 55.5 Å². The minimum atomic E-state index is -0.195. The second-order valence-corrected chi connectivity index (χ2v) is 7.41. The van der Waals surface area contributed by atoms with Gasteiger partial charge in [0.1, 0.15) is 5.82 Å². The lowest BCUT2D eigenvalue weighted by atomic mass is 9.87. The molecule has 2 amide bonds. The Balaban J connectivity index is 0.000000309. The molecule has 0 aromatic carbocycles. The molecule has 0 unspecified atom stereocenters. The Kier molecular flexibility index (Phi) is 10.4. The number of hydrogen-bond acceptors (Lipinski definition) is 7. The van der Waals surface area contributed by atoms with Gasteiger partial charge in [-0.3, -0.25) is 14.6 Å². The van der Waals surface area contributed by atoms with E-state index in [4.69, 9.17) is 11.5 Å². The van der Waals surface area contributed by atoms with Crippen molar-refractivity contribution >= 4 is 17.6 Å². The first kappa shape index (κ1) is 24.5. The van der Waals surface area contributed by atoms with Crippen molar-refractivity contribution < 1.29 is 9.59 Å². The summed E-state index contributed by atoms with van der Waals surface area (Å²) in [5.74, 6) is 0.992. The van der Waals surface area contributed by atoms with Crippen molar-refractivity contribution in [2.45, 2.75) is 51.4 Å². The van der Waals surface area contributed by atoms with Crippen LogP contribution in [0.15, 0.2) is 60.7 Å². The van der Waals surface area contributed by atoms with Crippen LogP contribution in [-0.2, 0) is 16.0 Å². The first-order valence-corrected chi connectivity index (χ1v) is 10.6. The summed E-state index contributed by atoms with van der Waals surface area (Å²) >= 11 is 0. The first-order chi connectivity index (χ1) is 15.5. The smallest absolute Gasteiger partial charge is 0.231 e. The lowest BCUT2D eigenvalue weighted by molar-refractivity contribution is -0.118. The van der Waals surface area contributed by atoms with Gasteiger partial charge in [0, 0.05) is 24.7 Å². The van der Waals surface area contributed by atoms with Gasteiger partial charge in [-0.15, -0.1) is 5.10 Å². The van der Waals surface area contributed by atoms with E-state index in [9.17, 15) is 9.59 Å². The molecule has 0 bridgehead atoms. The number of carbonyl (C=O) groups is 2. The van der Waals surface area contributed by atoms with Crippen LogP contribution >= 0.6 is 0 Å². The number of anilines is 1. The van der Waals surface area contributed by atoms with Crippen LogP contribution in [-0.4, -0.2) is 27.0 Å². The summed E-state index contributed by atoms with van der Waals surface area (Å²) in [6.45, 7) is 1.38. The van der Waals surface area contributed by atoms with Gasteiger partial charge in [0.25, 0.3) is 0 Å². The Bertz CT molecular complexity index is 906. The second-order valence-electron chi connectivity index (χ2n) is 7.41. The quantitative estimate of drug-likeness (QED) is 0.507. The monoisotopic (exact) mass is 437 g/mol. The lowest BCUT2D eigenvalue weighted by Gasteiger charge is -2.20. The molecule has 170 valence electrons. The Morgan fingerprint density at radius 3 is 2.50 bits per heavy atom. The standard InChI is InChI=1S/C17H20N4O.C6H11N3O/c22-17(12-14-8-4-5-11-18-14)19-16-10-9-15(20-21-16)13-6-2-1-3-7-13;1-5(10)9-6(8)3-2-4-7/h4-5,8-11,13H,1-3,6-7,12H2,(H,19,21,22);2-4H,7-8H2,1H3,(H,9,10)/b;4-2-,6-3+.